The zero-order chi connectivity index (χ0) is 17.5. The average Bonchev–Trinajstić information content (AvgIpc) is 2.59. The van der Waals surface area contributed by atoms with Crippen LogP contribution in [0.15, 0.2) is 47.4 Å². The molecule has 0 heterocycles. The number of thioether (sulfide) groups is 1. The van der Waals surface area contributed by atoms with Crippen LogP contribution in [0, 0.1) is 0 Å². The Morgan fingerprint density at radius 2 is 1.88 bits per heavy atom. The fourth-order valence-corrected chi connectivity index (χ4v) is 2.97. The molecule has 0 aromatic heterocycles. The van der Waals surface area contributed by atoms with Crippen LogP contribution in [0.1, 0.15) is 21.5 Å². The lowest BCUT2D eigenvalue weighted by Gasteiger charge is -2.14. The number of hydrogen-bond donors (Lipinski definition) is 2. The summed E-state index contributed by atoms with van der Waals surface area (Å²) in [4.78, 5) is 14.9. The Morgan fingerprint density at radius 3 is 2.50 bits per heavy atom. The predicted molar refractivity (Wildman–Crippen MR) is 98.9 cm³/mol. The smallest absolute Gasteiger partial charge is 0.255 e. The predicted octanol–water partition coefficient (Wildman–Crippen LogP) is 1.99. The number of carbonyl (C=O) groups is 1. The Bertz CT molecular complexity index is 702. The normalized spacial score (nSPS) is 10.7. The van der Waals surface area contributed by atoms with Crippen LogP contribution in [0.5, 0.6) is 5.75 Å². The molecule has 0 radical (unpaired) electrons. The Kier molecular flexibility index (Phi) is 6.70. The number of nitrogens with one attached hydrogen (secondary N) is 2. The van der Waals surface area contributed by atoms with Crippen molar-refractivity contribution < 1.29 is 14.4 Å². The highest BCUT2D eigenvalue weighted by Gasteiger charge is 2.13. The van der Waals surface area contributed by atoms with Crippen LogP contribution in [-0.4, -0.2) is 33.4 Å². The molecule has 0 saturated heterocycles. The van der Waals surface area contributed by atoms with Gasteiger partial charge in [0.05, 0.1) is 26.8 Å². The lowest BCUT2D eigenvalue weighted by molar-refractivity contribution is -0.872. The first-order valence-corrected chi connectivity index (χ1v) is 9.13. The molecule has 2 N–H and O–H groups in total. The van der Waals surface area contributed by atoms with E-state index in [2.05, 4.69) is 31.5 Å². The molecule has 0 aliphatic carbocycles. The molecular weight excluding hydrogens is 320 g/mol. The van der Waals surface area contributed by atoms with Crippen molar-refractivity contribution in [3.63, 3.8) is 0 Å². The summed E-state index contributed by atoms with van der Waals surface area (Å²) >= 11 is 1.62. The van der Waals surface area contributed by atoms with Crippen molar-refractivity contribution >= 4 is 17.7 Å². The van der Waals surface area contributed by atoms with E-state index in [1.807, 2.05) is 36.6 Å². The SMILES string of the molecule is COc1cc(SC)ccc1C(=O)NCc1ccccc1C[NH+](C)C. The second-order valence-electron chi connectivity index (χ2n) is 5.90. The van der Waals surface area contributed by atoms with Gasteiger partial charge in [-0.15, -0.1) is 11.8 Å². The molecule has 2 aromatic rings. The highest BCUT2D eigenvalue weighted by Crippen LogP contribution is 2.25. The Balaban J connectivity index is 2.11. The minimum atomic E-state index is -0.119. The third-order valence-electron chi connectivity index (χ3n) is 3.76. The number of rotatable bonds is 7. The molecule has 5 heteroatoms. The van der Waals surface area contributed by atoms with Crippen molar-refractivity contribution in [2.75, 3.05) is 27.5 Å². The summed E-state index contributed by atoms with van der Waals surface area (Å²) in [6, 6.07) is 13.9. The summed E-state index contributed by atoms with van der Waals surface area (Å²) < 4.78 is 5.36. The van der Waals surface area contributed by atoms with Gasteiger partial charge in [-0.2, -0.15) is 0 Å². The van der Waals surface area contributed by atoms with E-state index in [1.54, 1.807) is 18.9 Å². The van der Waals surface area contributed by atoms with Gasteiger partial charge in [0.2, 0.25) is 0 Å². The van der Waals surface area contributed by atoms with Crippen molar-refractivity contribution in [1.82, 2.24) is 5.32 Å². The molecule has 128 valence electrons. The van der Waals surface area contributed by atoms with Crippen LogP contribution < -0.4 is 15.0 Å². The van der Waals surface area contributed by atoms with Crippen molar-refractivity contribution in [2.45, 2.75) is 18.0 Å². The van der Waals surface area contributed by atoms with Crippen LogP contribution in [-0.2, 0) is 13.1 Å². The molecule has 0 atom stereocenters. The van der Waals surface area contributed by atoms with E-state index in [9.17, 15) is 4.79 Å². The highest BCUT2D eigenvalue weighted by molar-refractivity contribution is 7.98. The van der Waals surface area contributed by atoms with Gasteiger partial charge in [0.25, 0.3) is 5.91 Å². The third-order valence-corrected chi connectivity index (χ3v) is 4.48. The molecule has 0 bridgehead atoms. The van der Waals surface area contributed by atoms with Crippen molar-refractivity contribution in [3.8, 4) is 5.75 Å². The van der Waals surface area contributed by atoms with Crippen molar-refractivity contribution in [1.29, 1.82) is 0 Å². The summed E-state index contributed by atoms with van der Waals surface area (Å²) in [5.74, 6) is 0.483. The van der Waals surface area contributed by atoms with E-state index in [0.717, 1.165) is 17.0 Å². The molecule has 0 saturated carbocycles. The van der Waals surface area contributed by atoms with Crippen molar-refractivity contribution in [2.24, 2.45) is 0 Å². The number of benzene rings is 2. The number of methoxy groups -OCH3 is 1. The minimum Gasteiger partial charge on any atom is -0.496 e. The molecule has 0 spiro atoms. The van der Waals surface area contributed by atoms with E-state index in [-0.39, 0.29) is 5.91 Å². The van der Waals surface area contributed by atoms with Gasteiger partial charge in [0.1, 0.15) is 12.3 Å². The molecule has 4 nitrogen and oxygen atoms in total. The van der Waals surface area contributed by atoms with Gasteiger partial charge in [-0.3, -0.25) is 4.79 Å². The van der Waals surface area contributed by atoms with E-state index in [1.165, 1.54) is 10.5 Å². The number of amides is 1. The van der Waals surface area contributed by atoms with Crippen LogP contribution in [0.3, 0.4) is 0 Å². The molecule has 0 aliphatic heterocycles. The molecule has 0 unspecified atom stereocenters. The Hall–Kier alpha value is -1.98. The number of quaternary nitrogens is 1. The van der Waals surface area contributed by atoms with Gasteiger partial charge in [-0.25, -0.2) is 0 Å². The van der Waals surface area contributed by atoms with Crippen molar-refractivity contribution in [3.05, 3.63) is 59.2 Å². The van der Waals surface area contributed by atoms with Gasteiger partial charge < -0.3 is 15.0 Å². The fourth-order valence-electron chi connectivity index (χ4n) is 2.54. The molecular formula is C19H25N2O2S+. The summed E-state index contributed by atoms with van der Waals surface area (Å²) in [6.45, 7) is 1.44. The lowest BCUT2D eigenvalue weighted by atomic mass is 10.1. The van der Waals surface area contributed by atoms with Crippen LogP contribution in [0.2, 0.25) is 0 Å². The molecule has 2 aromatic carbocycles. The zero-order valence-corrected chi connectivity index (χ0v) is 15.5. The summed E-state index contributed by atoms with van der Waals surface area (Å²) in [5.41, 5.74) is 2.96. The summed E-state index contributed by atoms with van der Waals surface area (Å²) in [6.07, 6.45) is 2.00. The van der Waals surface area contributed by atoms with Gasteiger partial charge in [-0.05, 0) is 30.0 Å². The maximum absolute atomic E-state index is 12.5. The molecule has 2 rings (SSSR count). The number of carbonyl (C=O) groups excluding carboxylic acids is 1. The first-order chi connectivity index (χ1) is 11.5. The summed E-state index contributed by atoms with van der Waals surface area (Å²) in [7, 11) is 5.83. The largest absolute Gasteiger partial charge is 0.496 e. The standard InChI is InChI=1S/C19H24N2O2S/c1-21(2)13-15-8-6-5-7-14(15)12-20-19(22)17-10-9-16(24-4)11-18(17)23-3/h5-11H,12-13H2,1-4H3,(H,20,22)/p+1. The minimum absolute atomic E-state index is 0.119. The monoisotopic (exact) mass is 345 g/mol. The van der Waals surface area contributed by atoms with E-state index >= 15 is 0 Å². The third kappa shape index (κ3) is 4.76. The van der Waals surface area contributed by atoms with E-state index < -0.39 is 0 Å². The first kappa shape index (κ1) is 18.4. The Morgan fingerprint density at radius 1 is 1.17 bits per heavy atom. The highest BCUT2D eigenvalue weighted by atomic mass is 32.2. The van der Waals surface area contributed by atoms with Gasteiger partial charge in [0.15, 0.2) is 0 Å². The lowest BCUT2D eigenvalue weighted by Crippen LogP contribution is -3.04. The molecule has 1 amide bonds. The second kappa shape index (κ2) is 8.76. The second-order valence-corrected chi connectivity index (χ2v) is 6.78. The van der Waals surface area contributed by atoms with Crippen LogP contribution in [0.4, 0.5) is 0 Å². The van der Waals surface area contributed by atoms with E-state index in [4.69, 9.17) is 4.74 Å². The fraction of sp³-hybridized carbons (Fsp3) is 0.316. The average molecular weight is 345 g/mol. The molecule has 0 fully saturated rings. The Labute approximate surface area is 148 Å². The van der Waals surface area contributed by atoms with Crippen LogP contribution >= 0.6 is 11.8 Å². The maximum Gasteiger partial charge on any atom is 0.255 e. The maximum atomic E-state index is 12.5. The van der Waals surface area contributed by atoms with Gasteiger partial charge in [-0.1, -0.05) is 24.3 Å². The quantitative estimate of drug-likeness (QED) is 0.754. The number of hydrogen-bond acceptors (Lipinski definition) is 3. The van der Waals surface area contributed by atoms with Gasteiger partial charge in [0, 0.05) is 17.0 Å². The first-order valence-electron chi connectivity index (χ1n) is 7.91. The topological polar surface area (TPSA) is 42.8 Å². The summed E-state index contributed by atoms with van der Waals surface area (Å²) in [5, 5.41) is 3.01. The molecule has 0 aliphatic rings. The van der Waals surface area contributed by atoms with Crippen LogP contribution in [0.25, 0.3) is 0 Å². The van der Waals surface area contributed by atoms with E-state index in [0.29, 0.717) is 17.9 Å². The molecule has 24 heavy (non-hydrogen) atoms. The zero-order valence-electron chi connectivity index (χ0n) is 14.7. The number of ether oxygens (including phenoxy) is 1. The van der Waals surface area contributed by atoms with Gasteiger partial charge >= 0.3 is 0 Å².